The van der Waals surface area contributed by atoms with Crippen LogP contribution >= 0.6 is 0 Å². The lowest BCUT2D eigenvalue weighted by Crippen LogP contribution is -2.29. The predicted molar refractivity (Wildman–Crippen MR) is 176 cm³/mol. The van der Waals surface area contributed by atoms with Gasteiger partial charge in [0, 0.05) is 24.8 Å². The molecule has 6 rings (SSSR count). The molecule has 1 amide bonds. The Labute approximate surface area is 258 Å². The number of nitrogens with zero attached hydrogens (tertiary/aromatic N) is 3. The van der Waals surface area contributed by atoms with E-state index in [0.717, 1.165) is 30.6 Å². The molecule has 2 aromatic heterocycles. The van der Waals surface area contributed by atoms with Crippen molar-refractivity contribution in [1.82, 2.24) is 24.8 Å². The number of aliphatic hydroxyl groups is 1. The summed E-state index contributed by atoms with van der Waals surface area (Å²) < 4.78 is 0. The highest BCUT2D eigenvalue weighted by Gasteiger charge is 2.29. The van der Waals surface area contributed by atoms with E-state index >= 15 is 0 Å². The molecular weight excluding hydrogens is 552 g/mol. The zero-order valence-electron chi connectivity index (χ0n) is 26.6. The Morgan fingerprint density at radius 3 is 2.39 bits per heavy atom. The van der Waals surface area contributed by atoms with Gasteiger partial charge in [-0.3, -0.25) is 9.59 Å². The van der Waals surface area contributed by atoms with Gasteiger partial charge in [-0.25, -0.2) is 4.98 Å². The van der Waals surface area contributed by atoms with Crippen molar-refractivity contribution in [3.05, 3.63) is 79.3 Å². The molecule has 0 bridgehead atoms. The summed E-state index contributed by atoms with van der Waals surface area (Å²) >= 11 is 0. The van der Waals surface area contributed by atoms with Gasteiger partial charge in [0.05, 0.1) is 29.4 Å². The van der Waals surface area contributed by atoms with E-state index in [2.05, 4.69) is 54.8 Å². The van der Waals surface area contributed by atoms with Gasteiger partial charge < -0.3 is 30.2 Å². The fourth-order valence-electron chi connectivity index (χ4n) is 7.02. The van der Waals surface area contributed by atoms with E-state index in [1.807, 2.05) is 23.1 Å². The molecule has 2 aliphatic rings. The Morgan fingerprint density at radius 2 is 1.68 bits per heavy atom. The number of fused-ring (bicyclic) bond motifs is 2. The normalized spacial score (nSPS) is 15.9. The maximum atomic E-state index is 13.3. The third-order valence-electron chi connectivity index (χ3n) is 10.1. The van der Waals surface area contributed by atoms with E-state index in [1.54, 1.807) is 6.20 Å². The molecule has 2 aromatic carbocycles. The van der Waals surface area contributed by atoms with Crippen molar-refractivity contribution in [2.45, 2.75) is 72.9 Å². The first-order valence-electron chi connectivity index (χ1n) is 15.9. The van der Waals surface area contributed by atoms with Crippen molar-refractivity contribution < 1.29 is 9.90 Å². The van der Waals surface area contributed by atoms with Crippen LogP contribution in [0.5, 0.6) is 0 Å². The van der Waals surface area contributed by atoms with Gasteiger partial charge in [-0.05, 0) is 137 Å². The van der Waals surface area contributed by atoms with Crippen LogP contribution in [0.3, 0.4) is 0 Å². The van der Waals surface area contributed by atoms with E-state index in [0.29, 0.717) is 41.1 Å². The SMILES string of the molecule is Cc1c(C)c(C)c(C[C@H](CO)Nc2cc[nH]c(=O)c2-c2nc3cc4c(cc3[nH]2)CN(CCCN2CCCC2)C4=O)c(C)c1C. The number of rotatable bonds is 10. The molecule has 4 heterocycles. The van der Waals surface area contributed by atoms with Crippen LogP contribution in [0.1, 0.15) is 68.6 Å². The second kappa shape index (κ2) is 12.2. The molecule has 0 saturated carbocycles. The van der Waals surface area contributed by atoms with Crippen molar-refractivity contribution in [2.75, 3.05) is 38.1 Å². The topological polar surface area (TPSA) is 117 Å². The Bertz CT molecular complexity index is 1750. The number of hydrogen-bond donors (Lipinski definition) is 4. The van der Waals surface area contributed by atoms with Gasteiger partial charge in [0.2, 0.25) is 0 Å². The lowest BCUT2D eigenvalue weighted by Gasteiger charge is -2.24. The summed E-state index contributed by atoms with van der Waals surface area (Å²) in [5, 5.41) is 13.8. The van der Waals surface area contributed by atoms with Gasteiger partial charge in [-0.2, -0.15) is 0 Å². The summed E-state index contributed by atoms with van der Waals surface area (Å²) in [4.78, 5) is 41.8. The maximum absolute atomic E-state index is 13.3. The van der Waals surface area contributed by atoms with Crippen LogP contribution in [0.25, 0.3) is 22.4 Å². The number of carbonyl (C=O) groups excluding carboxylic acids is 1. The number of H-pyrrole nitrogens is 2. The minimum atomic E-state index is -0.309. The quantitative estimate of drug-likeness (QED) is 0.207. The highest BCUT2D eigenvalue weighted by Crippen LogP contribution is 2.31. The van der Waals surface area contributed by atoms with Crippen LogP contribution in [-0.2, 0) is 13.0 Å². The molecular formula is C35H44N6O3. The number of imidazole rings is 1. The Balaban J connectivity index is 1.24. The first-order chi connectivity index (χ1) is 21.2. The number of hydrogen-bond acceptors (Lipinski definition) is 6. The van der Waals surface area contributed by atoms with E-state index in [9.17, 15) is 14.7 Å². The molecule has 9 nitrogen and oxygen atoms in total. The molecule has 0 unspecified atom stereocenters. The minimum Gasteiger partial charge on any atom is -0.394 e. The molecule has 4 N–H and O–H groups in total. The van der Waals surface area contributed by atoms with Gasteiger partial charge in [0.15, 0.2) is 0 Å². The number of carbonyl (C=O) groups is 1. The third-order valence-corrected chi connectivity index (χ3v) is 10.1. The van der Waals surface area contributed by atoms with E-state index in [4.69, 9.17) is 4.98 Å². The van der Waals surface area contributed by atoms with Crippen molar-refractivity contribution in [2.24, 2.45) is 0 Å². The monoisotopic (exact) mass is 596 g/mol. The zero-order chi connectivity index (χ0) is 31.1. The molecule has 1 atom stereocenters. The number of likely N-dealkylation sites (tertiary alicyclic amines) is 1. The summed E-state index contributed by atoms with van der Waals surface area (Å²) in [5.74, 6) is 0.472. The summed E-state index contributed by atoms with van der Waals surface area (Å²) in [6.07, 6.45) is 5.74. The molecule has 1 fully saturated rings. The standard InChI is InChI=1S/C35H44N6O3/c1-20-21(2)23(4)27(24(5)22(20)3)16-26(19-42)37-29-9-10-36-34(43)32(29)33-38-30-15-25-18-41(14-8-13-40-11-6-7-12-40)35(44)28(25)17-31(30)39-33/h9-10,15,17,26,42H,6-8,11-14,16,18-19H2,1-5H3,(H,38,39)(H2,36,37,43)/t26-/m1/s1. The molecule has 232 valence electrons. The van der Waals surface area contributed by atoms with Crippen molar-refractivity contribution in [3.8, 4) is 11.4 Å². The van der Waals surface area contributed by atoms with E-state index in [1.165, 1.54) is 59.3 Å². The second-order valence-corrected chi connectivity index (χ2v) is 12.7. The van der Waals surface area contributed by atoms with Gasteiger partial charge in [0.25, 0.3) is 11.5 Å². The molecule has 0 radical (unpaired) electrons. The Morgan fingerprint density at radius 1 is 0.977 bits per heavy atom. The third kappa shape index (κ3) is 5.55. The fraction of sp³-hybridized carbons (Fsp3) is 0.457. The average Bonchev–Trinajstić information content (AvgIpc) is 3.75. The van der Waals surface area contributed by atoms with Crippen molar-refractivity contribution >= 4 is 22.6 Å². The van der Waals surface area contributed by atoms with Gasteiger partial charge in [-0.1, -0.05) is 0 Å². The first-order valence-corrected chi connectivity index (χ1v) is 15.9. The number of nitrogens with one attached hydrogen (secondary N) is 3. The molecule has 9 heteroatoms. The van der Waals surface area contributed by atoms with Gasteiger partial charge in [0.1, 0.15) is 11.4 Å². The summed E-state index contributed by atoms with van der Waals surface area (Å²) in [6, 6.07) is 5.34. The minimum absolute atomic E-state index is 0.0470. The fourth-order valence-corrected chi connectivity index (χ4v) is 7.02. The second-order valence-electron chi connectivity index (χ2n) is 12.7. The zero-order valence-corrected chi connectivity index (χ0v) is 26.6. The Kier molecular flexibility index (Phi) is 8.35. The summed E-state index contributed by atoms with van der Waals surface area (Å²) in [5.41, 5.74) is 11.3. The number of anilines is 1. The number of benzene rings is 2. The van der Waals surface area contributed by atoms with Crippen molar-refractivity contribution in [1.29, 1.82) is 0 Å². The summed E-state index contributed by atoms with van der Waals surface area (Å²) in [7, 11) is 0. The number of amides is 1. The molecule has 1 saturated heterocycles. The molecule has 4 aromatic rings. The first kappa shape index (κ1) is 30.1. The lowest BCUT2D eigenvalue weighted by molar-refractivity contribution is 0.0772. The number of pyridine rings is 1. The van der Waals surface area contributed by atoms with Crippen LogP contribution < -0.4 is 10.9 Å². The van der Waals surface area contributed by atoms with Crippen molar-refractivity contribution in [3.63, 3.8) is 0 Å². The van der Waals surface area contributed by atoms with Crippen LogP contribution in [0.4, 0.5) is 5.69 Å². The lowest BCUT2D eigenvalue weighted by atomic mass is 9.87. The number of aliphatic hydroxyl groups excluding tert-OH is 1. The maximum Gasteiger partial charge on any atom is 0.261 e. The highest BCUT2D eigenvalue weighted by molar-refractivity contribution is 6.02. The van der Waals surface area contributed by atoms with Gasteiger partial charge in [-0.15, -0.1) is 0 Å². The van der Waals surface area contributed by atoms with Crippen LogP contribution in [0.15, 0.2) is 29.2 Å². The van der Waals surface area contributed by atoms with Crippen LogP contribution in [0, 0.1) is 34.6 Å². The van der Waals surface area contributed by atoms with Crippen LogP contribution in [0.2, 0.25) is 0 Å². The van der Waals surface area contributed by atoms with Gasteiger partial charge >= 0.3 is 0 Å². The smallest absolute Gasteiger partial charge is 0.261 e. The predicted octanol–water partition coefficient (Wildman–Crippen LogP) is 4.92. The van der Waals surface area contributed by atoms with E-state index < -0.39 is 0 Å². The number of aromatic amines is 2. The molecule has 2 aliphatic heterocycles. The highest BCUT2D eigenvalue weighted by atomic mass is 16.3. The van der Waals surface area contributed by atoms with E-state index in [-0.39, 0.29) is 24.1 Å². The summed E-state index contributed by atoms with van der Waals surface area (Å²) in [6.45, 7) is 15.3. The average molecular weight is 597 g/mol. The Hall–Kier alpha value is -3.95. The number of aromatic nitrogens is 3. The molecule has 0 aliphatic carbocycles. The molecule has 44 heavy (non-hydrogen) atoms. The largest absolute Gasteiger partial charge is 0.394 e. The van der Waals surface area contributed by atoms with Crippen LogP contribution in [-0.4, -0.2) is 74.6 Å². The molecule has 0 spiro atoms.